The van der Waals surface area contributed by atoms with Crippen LogP contribution in [0.2, 0.25) is 0 Å². The number of hydrogen-bond donors (Lipinski definition) is 2. The molecule has 0 saturated carbocycles. The Hall–Kier alpha value is -2.35. The zero-order chi connectivity index (χ0) is 14.5. The van der Waals surface area contributed by atoms with Crippen LogP contribution in [0.25, 0.3) is 0 Å². The molecule has 2 aromatic heterocycles. The molecular weight excluding hydrogens is 280 g/mol. The van der Waals surface area contributed by atoms with E-state index in [-0.39, 0.29) is 18.0 Å². The van der Waals surface area contributed by atoms with Crippen LogP contribution in [0.5, 0.6) is 0 Å². The molecule has 0 fully saturated rings. The van der Waals surface area contributed by atoms with Gasteiger partial charge in [0.2, 0.25) is 0 Å². The standard InChI is InChI=1S/C12H12N4O3S/c1-2-9-10(20-16-15-9)11(17)14-6-8-5-7(12(18)19)3-4-13-8/h3-5H,2,6H2,1H3,(H,14,17)(H,18,19). The van der Waals surface area contributed by atoms with Crippen molar-refractivity contribution in [3.05, 3.63) is 40.2 Å². The highest BCUT2D eigenvalue weighted by Crippen LogP contribution is 2.11. The van der Waals surface area contributed by atoms with Crippen LogP contribution < -0.4 is 5.32 Å². The molecule has 2 aromatic rings. The number of nitrogens with one attached hydrogen (secondary N) is 1. The van der Waals surface area contributed by atoms with Crippen molar-refractivity contribution < 1.29 is 14.7 Å². The van der Waals surface area contributed by atoms with E-state index in [2.05, 4.69) is 19.9 Å². The third kappa shape index (κ3) is 3.15. The molecule has 0 aromatic carbocycles. The van der Waals surface area contributed by atoms with Gasteiger partial charge < -0.3 is 10.4 Å². The Bertz CT molecular complexity index is 641. The van der Waals surface area contributed by atoms with Crippen LogP contribution in [-0.4, -0.2) is 31.6 Å². The third-order valence-corrected chi connectivity index (χ3v) is 3.36. The fraction of sp³-hybridized carbons (Fsp3) is 0.250. The van der Waals surface area contributed by atoms with Crippen LogP contribution in [-0.2, 0) is 13.0 Å². The summed E-state index contributed by atoms with van der Waals surface area (Å²) in [5, 5.41) is 15.4. The summed E-state index contributed by atoms with van der Waals surface area (Å²) in [6, 6.07) is 2.82. The van der Waals surface area contributed by atoms with Gasteiger partial charge in [-0.25, -0.2) is 4.79 Å². The van der Waals surface area contributed by atoms with E-state index in [1.165, 1.54) is 18.3 Å². The van der Waals surface area contributed by atoms with Crippen molar-refractivity contribution in [1.29, 1.82) is 0 Å². The average Bonchev–Trinajstić information content (AvgIpc) is 2.93. The van der Waals surface area contributed by atoms with E-state index in [9.17, 15) is 9.59 Å². The van der Waals surface area contributed by atoms with E-state index in [0.29, 0.717) is 22.7 Å². The SMILES string of the molecule is CCc1nnsc1C(=O)NCc1cc(C(=O)O)ccn1. The lowest BCUT2D eigenvalue weighted by molar-refractivity contribution is 0.0696. The highest BCUT2D eigenvalue weighted by molar-refractivity contribution is 7.08. The predicted octanol–water partition coefficient (Wildman–Crippen LogP) is 1.12. The van der Waals surface area contributed by atoms with E-state index in [4.69, 9.17) is 5.11 Å². The number of pyridine rings is 1. The molecule has 0 unspecified atom stereocenters. The van der Waals surface area contributed by atoms with Gasteiger partial charge in [-0.05, 0) is 30.1 Å². The minimum Gasteiger partial charge on any atom is -0.478 e. The molecule has 2 N–H and O–H groups in total. The number of rotatable bonds is 5. The smallest absolute Gasteiger partial charge is 0.335 e. The van der Waals surface area contributed by atoms with Crippen molar-refractivity contribution in [3.8, 4) is 0 Å². The molecular formula is C12H12N4O3S. The summed E-state index contributed by atoms with van der Waals surface area (Å²) < 4.78 is 3.74. The van der Waals surface area contributed by atoms with E-state index < -0.39 is 5.97 Å². The molecule has 1 amide bonds. The third-order valence-electron chi connectivity index (χ3n) is 2.59. The maximum Gasteiger partial charge on any atom is 0.335 e. The second-order valence-electron chi connectivity index (χ2n) is 3.93. The monoisotopic (exact) mass is 292 g/mol. The first kappa shape index (κ1) is 14.1. The Morgan fingerprint density at radius 1 is 1.45 bits per heavy atom. The molecule has 8 heteroatoms. The number of carbonyl (C=O) groups excluding carboxylic acids is 1. The minimum atomic E-state index is -1.03. The molecule has 0 saturated heterocycles. The molecule has 7 nitrogen and oxygen atoms in total. The van der Waals surface area contributed by atoms with Crippen molar-refractivity contribution in [2.24, 2.45) is 0 Å². The molecule has 20 heavy (non-hydrogen) atoms. The number of carboxylic acid groups (broad SMARTS) is 1. The molecule has 0 aliphatic heterocycles. The van der Waals surface area contributed by atoms with E-state index in [1.54, 1.807) is 0 Å². The van der Waals surface area contributed by atoms with E-state index >= 15 is 0 Å². The lowest BCUT2D eigenvalue weighted by Crippen LogP contribution is -2.23. The van der Waals surface area contributed by atoms with Crippen LogP contribution in [0.4, 0.5) is 0 Å². The van der Waals surface area contributed by atoms with E-state index in [0.717, 1.165) is 11.5 Å². The number of carboxylic acids is 1. The Morgan fingerprint density at radius 3 is 2.95 bits per heavy atom. The molecule has 0 radical (unpaired) electrons. The van der Waals surface area contributed by atoms with Crippen LogP contribution in [0.3, 0.4) is 0 Å². The molecule has 0 atom stereocenters. The number of nitrogens with zero attached hydrogens (tertiary/aromatic N) is 3. The molecule has 0 aliphatic rings. The zero-order valence-corrected chi connectivity index (χ0v) is 11.5. The Balaban J connectivity index is 2.03. The average molecular weight is 292 g/mol. The summed E-state index contributed by atoms with van der Waals surface area (Å²) in [7, 11) is 0. The zero-order valence-electron chi connectivity index (χ0n) is 10.7. The van der Waals surface area contributed by atoms with Gasteiger partial charge in [0.05, 0.1) is 23.5 Å². The van der Waals surface area contributed by atoms with Crippen LogP contribution in [0.1, 0.15) is 38.3 Å². The van der Waals surface area contributed by atoms with Crippen molar-refractivity contribution in [2.75, 3.05) is 0 Å². The van der Waals surface area contributed by atoms with E-state index in [1.807, 2.05) is 6.92 Å². The van der Waals surface area contributed by atoms with Crippen molar-refractivity contribution >= 4 is 23.4 Å². The van der Waals surface area contributed by atoms with Crippen molar-refractivity contribution in [3.63, 3.8) is 0 Å². The highest BCUT2D eigenvalue weighted by atomic mass is 32.1. The summed E-state index contributed by atoms with van der Waals surface area (Å²) in [6.45, 7) is 2.05. The fourth-order valence-corrected chi connectivity index (χ4v) is 2.24. The largest absolute Gasteiger partial charge is 0.478 e. The summed E-state index contributed by atoms with van der Waals surface area (Å²) in [4.78, 5) is 27.3. The lowest BCUT2D eigenvalue weighted by Gasteiger charge is -2.04. The first-order chi connectivity index (χ1) is 9.61. The number of aromatic nitrogens is 3. The number of carbonyl (C=O) groups is 2. The summed E-state index contributed by atoms with van der Waals surface area (Å²) in [6.07, 6.45) is 2.03. The van der Waals surface area contributed by atoms with Gasteiger partial charge in [-0.15, -0.1) is 5.10 Å². The highest BCUT2D eigenvalue weighted by Gasteiger charge is 2.14. The Kier molecular flexibility index (Phi) is 4.36. The minimum absolute atomic E-state index is 0.137. The first-order valence-corrected chi connectivity index (χ1v) is 6.66. The first-order valence-electron chi connectivity index (χ1n) is 5.89. The van der Waals surface area contributed by atoms with Gasteiger partial charge in [-0.3, -0.25) is 9.78 Å². The maximum absolute atomic E-state index is 12.0. The fourth-order valence-electron chi connectivity index (χ4n) is 1.57. The number of aryl methyl sites for hydroxylation is 1. The van der Waals surface area contributed by atoms with Crippen molar-refractivity contribution in [2.45, 2.75) is 19.9 Å². The topological polar surface area (TPSA) is 105 Å². The number of amides is 1. The molecule has 2 heterocycles. The summed E-state index contributed by atoms with van der Waals surface area (Å²) >= 11 is 1.04. The van der Waals surface area contributed by atoms with Crippen LogP contribution >= 0.6 is 11.5 Å². The van der Waals surface area contributed by atoms with Gasteiger partial charge >= 0.3 is 5.97 Å². The van der Waals surface area contributed by atoms with Gasteiger partial charge in [-0.2, -0.15) is 0 Å². The summed E-state index contributed by atoms with van der Waals surface area (Å²) in [5.74, 6) is -1.31. The second-order valence-corrected chi connectivity index (χ2v) is 4.68. The lowest BCUT2D eigenvalue weighted by atomic mass is 10.2. The van der Waals surface area contributed by atoms with Crippen LogP contribution in [0.15, 0.2) is 18.3 Å². The second kappa shape index (κ2) is 6.20. The van der Waals surface area contributed by atoms with Gasteiger partial charge in [0.1, 0.15) is 4.88 Å². The van der Waals surface area contributed by atoms with Crippen LogP contribution in [0, 0.1) is 0 Å². The Morgan fingerprint density at radius 2 is 2.25 bits per heavy atom. The predicted molar refractivity (Wildman–Crippen MR) is 71.7 cm³/mol. The molecule has 104 valence electrons. The summed E-state index contributed by atoms with van der Waals surface area (Å²) in [5.41, 5.74) is 1.27. The van der Waals surface area contributed by atoms with Crippen molar-refractivity contribution in [1.82, 2.24) is 19.9 Å². The quantitative estimate of drug-likeness (QED) is 0.855. The van der Waals surface area contributed by atoms with Gasteiger partial charge in [-0.1, -0.05) is 11.4 Å². The van der Waals surface area contributed by atoms with Gasteiger partial charge in [0.25, 0.3) is 5.91 Å². The van der Waals surface area contributed by atoms with Gasteiger partial charge in [0, 0.05) is 6.20 Å². The number of hydrogen-bond acceptors (Lipinski definition) is 6. The maximum atomic E-state index is 12.0. The molecule has 0 aliphatic carbocycles. The molecule has 2 rings (SSSR count). The molecule has 0 bridgehead atoms. The Labute approximate surface area is 118 Å². The van der Waals surface area contributed by atoms with Gasteiger partial charge in [0.15, 0.2) is 0 Å². The number of aromatic carboxylic acids is 1. The molecule has 0 spiro atoms. The normalized spacial score (nSPS) is 10.2.